The molecule has 0 aliphatic carbocycles. The van der Waals surface area contributed by atoms with Gasteiger partial charge < -0.3 is 30.7 Å². The molecule has 0 amide bonds. The van der Waals surface area contributed by atoms with Crippen LogP contribution in [-0.2, 0) is 4.74 Å². The number of aliphatic hydroxyl groups is 1. The van der Waals surface area contributed by atoms with Gasteiger partial charge in [-0.05, 0) is 52.1 Å². The van der Waals surface area contributed by atoms with Crippen molar-refractivity contribution in [3.05, 3.63) is 18.2 Å². The molecule has 2 aliphatic rings. The third-order valence-corrected chi connectivity index (χ3v) is 5.42. The molecule has 0 spiro atoms. The maximum Gasteiger partial charge on any atom is 0.159 e. The summed E-state index contributed by atoms with van der Waals surface area (Å²) in [6.45, 7) is 5.29. The second-order valence-corrected chi connectivity index (χ2v) is 8.08. The molecule has 6 nitrogen and oxygen atoms in total. The van der Waals surface area contributed by atoms with Crippen molar-refractivity contribution in [1.29, 1.82) is 0 Å². The number of anilines is 1. The smallest absolute Gasteiger partial charge is 0.159 e. The topological polar surface area (TPSA) is 94.0 Å². The molecule has 5 unspecified atom stereocenters. The molecule has 1 aromatic rings. The number of nitrogens with one attached hydrogen (secondary N) is 2. The number of phenolic OH excluding ortho intramolecular Hbond substituents is 2. The molecule has 0 saturated carbocycles. The molecule has 5 atom stereocenters. The number of phenols is 2. The summed E-state index contributed by atoms with van der Waals surface area (Å²) in [7, 11) is 0. The Morgan fingerprint density at radius 2 is 1.96 bits per heavy atom. The van der Waals surface area contributed by atoms with Crippen LogP contribution in [-0.4, -0.2) is 52.5 Å². The Bertz CT molecular complexity index is 596. The summed E-state index contributed by atoms with van der Waals surface area (Å²) in [5.41, 5.74) is -0.645. The first-order valence-electron chi connectivity index (χ1n) is 9.24. The fourth-order valence-corrected chi connectivity index (χ4v) is 4.06. The van der Waals surface area contributed by atoms with Crippen molar-refractivity contribution in [2.24, 2.45) is 11.8 Å². The van der Waals surface area contributed by atoms with Crippen LogP contribution in [0, 0.1) is 11.8 Å². The van der Waals surface area contributed by atoms with Crippen LogP contribution in [0.2, 0.25) is 0 Å². The van der Waals surface area contributed by atoms with E-state index in [0.717, 1.165) is 25.9 Å². The van der Waals surface area contributed by atoms with Crippen LogP contribution < -0.4 is 10.6 Å². The summed E-state index contributed by atoms with van der Waals surface area (Å²) >= 11 is 0. The van der Waals surface area contributed by atoms with Crippen molar-refractivity contribution in [3.8, 4) is 11.5 Å². The van der Waals surface area contributed by atoms with Crippen LogP contribution in [0.15, 0.2) is 18.2 Å². The Balaban J connectivity index is 1.74. The van der Waals surface area contributed by atoms with E-state index in [1.165, 1.54) is 18.2 Å². The summed E-state index contributed by atoms with van der Waals surface area (Å²) in [6.07, 6.45) is -0.469. The van der Waals surface area contributed by atoms with E-state index in [2.05, 4.69) is 10.6 Å². The quantitative estimate of drug-likeness (QED) is 0.548. The average Bonchev–Trinajstić information content (AvgIpc) is 3.01. The largest absolute Gasteiger partial charge is 0.508 e. The van der Waals surface area contributed by atoms with Crippen molar-refractivity contribution in [3.63, 3.8) is 0 Å². The zero-order valence-electron chi connectivity index (χ0n) is 15.3. The second kappa shape index (κ2) is 7.58. The molecule has 1 aromatic carbocycles. The molecule has 2 saturated heterocycles. The van der Waals surface area contributed by atoms with Crippen LogP contribution in [0.3, 0.4) is 0 Å². The van der Waals surface area contributed by atoms with E-state index in [9.17, 15) is 19.7 Å². The highest BCUT2D eigenvalue weighted by Crippen LogP contribution is 2.39. The Hall–Kier alpha value is -1.57. The van der Waals surface area contributed by atoms with E-state index in [1.54, 1.807) is 13.8 Å². The van der Waals surface area contributed by atoms with E-state index < -0.39 is 18.0 Å². The Morgan fingerprint density at radius 1 is 1.27 bits per heavy atom. The van der Waals surface area contributed by atoms with E-state index >= 15 is 0 Å². The van der Waals surface area contributed by atoms with Gasteiger partial charge in [0.05, 0.1) is 11.7 Å². The number of rotatable bonds is 5. The minimum atomic E-state index is -1.31. The first-order valence-corrected chi connectivity index (χ1v) is 9.24. The van der Waals surface area contributed by atoms with Crippen LogP contribution >= 0.6 is 0 Å². The lowest BCUT2D eigenvalue weighted by Crippen LogP contribution is -2.53. The van der Waals surface area contributed by atoms with Gasteiger partial charge in [0.2, 0.25) is 0 Å². The highest BCUT2D eigenvalue weighted by atomic mass is 19.1. The summed E-state index contributed by atoms with van der Waals surface area (Å²) in [5.74, 6) is -0.0662. The summed E-state index contributed by atoms with van der Waals surface area (Å²) in [6, 6.07) is 4.03. The number of ether oxygens (including phenoxy) is 1. The molecule has 2 fully saturated rings. The van der Waals surface area contributed by atoms with Gasteiger partial charge in [0.15, 0.2) is 6.23 Å². The molecular weight excluding hydrogens is 339 g/mol. The van der Waals surface area contributed by atoms with Gasteiger partial charge in [0.25, 0.3) is 0 Å². The van der Waals surface area contributed by atoms with Gasteiger partial charge >= 0.3 is 0 Å². The summed E-state index contributed by atoms with van der Waals surface area (Å²) < 4.78 is 20.8. The number of aromatic hydroxyl groups is 2. The van der Waals surface area contributed by atoms with Crippen LogP contribution in [0.5, 0.6) is 11.5 Å². The van der Waals surface area contributed by atoms with Gasteiger partial charge in [-0.2, -0.15) is 0 Å². The standard InChI is InChI=1S/C19H29FN2O4/c1-19(2,25)15-9-16(20)18(22-12-6-13(23)8-14(24)7-12)26-17(15)5-11-3-4-21-10-11/h6-8,11,15-18,21-25H,3-5,9-10H2,1-2H3. The minimum Gasteiger partial charge on any atom is -0.508 e. The molecule has 26 heavy (non-hydrogen) atoms. The fraction of sp³-hybridized carbons (Fsp3) is 0.684. The van der Waals surface area contributed by atoms with Crippen molar-refractivity contribution in [2.75, 3.05) is 18.4 Å². The third-order valence-electron chi connectivity index (χ3n) is 5.42. The number of benzene rings is 1. The third kappa shape index (κ3) is 4.58. The van der Waals surface area contributed by atoms with Crippen molar-refractivity contribution < 1.29 is 24.4 Å². The summed E-state index contributed by atoms with van der Waals surface area (Å²) in [4.78, 5) is 0. The normalized spacial score (nSPS) is 32.5. The van der Waals surface area contributed by atoms with Crippen LogP contribution in [0.4, 0.5) is 10.1 Å². The monoisotopic (exact) mass is 368 g/mol. The van der Waals surface area contributed by atoms with Crippen molar-refractivity contribution in [1.82, 2.24) is 5.32 Å². The molecule has 0 aromatic heterocycles. The molecule has 146 valence electrons. The van der Waals surface area contributed by atoms with Gasteiger partial charge in [-0.15, -0.1) is 0 Å². The minimum absolute atomic E-state index is 0.110. The molecule has 0 bridgehead atoms. The molecule has 0 radical (unpaired) electrons. The van der Waals surface area contributed by atoms with Gasteiger partial charge in [0, 0.05) is 29.8 Å². The van der Waals surface area contributed by atoms with Gasteiger partial charge in [0.1, 0.15) is 17.7 Å². The SMILES string of the molecule is CC(C)(O)C1CC(F)C(Nc2cc(O)cc(O)c2)OC1CC1CCNC1. The van der Waals surface area contributed by atoms with E-state index in [4.69, 9.17) is 4.74 Å². The van der Waals surface area contributed by atoms with E-state index in [-0.39, 0.29) is 29.9 Å². The van der Waals surface area contributed by atoms with Crippen LogP contribution in [0.25, 0.3) is 0 Å². The maximum atomic E-state index is 14.8. The lowest BCUT2D eigenvalue weighted by atomic mass is 9.77. The second-order valence-electron chi connectivity index (χ2n) is 8.08. The zero-order chi connectivity index (χ0) is 18.9. The van der Waals surface area contributed by atoms with Crippen LogP contribution in [0.1, 0.15) is 33.1 Å². The Kier molecular flexibility index (Phi) is 5.60. The average molecular weight is 368 g/mol. The highest BCUT2D eigenvalue weighted by molar-refractivity contribution is 5.53. The number of hydrogen-bond acceptors (Lipinski definition) is 6. The number of hydrogen-bond donors (Lipinski definition) is 5. The van der Waals surface area contributed by atoms with Crippen molar-refractivity contribution in [2.45, 2.75) is 57.2 Å². The first-order chi connectivity index (χ1) is 12.2. The lowest BCUT2D eigenvalue weighted by Gasteiger charge is -2.44. The first kappa shape index (κ1) is 19.2. The molecule has 3 rings (SSSR count). The van der Waals surface area contributed by atoms with Gasteiger partial charge in [-0.1, -0.05) is 0 Å². The molecule has 5 N–H and O–H groups in total. The number of alkyl halides is 1. The van der Waals surface area contributed by atoms with Gasteiger partial charge in [-0.3, -0.25) is 0 Å². The lowest BCUT2D eigenvalue weighted by molar-refractivity contribution is -0.163. The van der Waals surface area contributed by atoms with E-state index in [1.807, 2.05) is 0 Å². The maximum absolute atomic E-state index is 14.8. The molecule has 7 heteroatoms. The Morgan fingerprint density at radius 3 is 2.54 bits per heavy atom. The predicted molar refractivity (Wildman–Crippen MR) is 96.9 cm³/mol. The molecular formula is C19H29FN2O4. The summed E-state index contributed by atoms with van der Waals surface area (Å²) in [5, 5.41) is 36.0. The van der Waals surface area contributed by atoms with Gasteiger partial charge in [-0.25, -0.2) is 4.39 Å². The molecule has 2 aliphatic heterocycles. The predicted octanol–water partition coefficient (Wildman–Crippen LogP) is 2.35. The Labute approximate surface area is 153 Å². The zero-order valence-corrected chi connectivity index (χ0v) is 15.3. The highest BCUT2D eigenvalue weighted by Gasteiger charge is 2.45. The fourth-order valence-electron chi connectivity index (χ4n) is 4.06. The molecule has 2 heterocycles. The van der Waals surface area contributed by atoms with E-state index in [0.29, 0.717) is 11.6 Å². The number of halogens is 1. The van der Waals surface area contributed by atoms with Crippen molar-refractivity contribution >= 4 is 5.69 Å².